The Morgan fingerprint density at radius 3 is 2.79 bits per heavy atom. The van der Waals surface area contributed by atoms with Gasteiger partial charge in [-0.1, -0.05) is 6.07 Å². The zero-order chi connectivity index (χ0) is 10.2. The highest BCUT2D eigenvalue weighted by molar-refractivity contribution is 5.87. The third-order valence-electron chi connectivity index (χ3n) is 1.89. The van der Waals surface area contributed by atoms with Gasteiger partial charge in [-0.25, -0.2) is 18.6 Å². The van der Waals surface area contributed by atoms with Gasteiger partial charge in [-0.2, -0.15) is 0 Å². The molecule has 0 bridgehead atoms. The van der Waals surface area contributed by atoms with Gasteiger partial charge in [0.25, 0.3) is 5.92 Å². The molecule has 1 aromatic rings. The highest BCUT2D eigenvalue weighted by Crippen LogP contribution is 2.44. The van der Waals surface area contributed by atoms with E-state index in [0.717, 1.165) is 0 Å². The molecule has 1 aliphatic rings. The Balaban J connectivity index is 1.98. The van der Waals surface area contributed by atoms with E-state index in [-0.39, 0.29) is 12.1 Å². The summed E-state index contributed by atoms with van der Waals surface area (Å²) >= 11 is 0. The fourth-order valence-corrected chi connectivity index (χ4v) is 0.989. The van der Waals surface area contributed by atoms with Gasteiger partial charge in [0.2, 0.25) is 0 Å². The molecule has 1 fully saturated rings. The van der Waals surface area contributed by atoms with Crippen LogP contribution in [0.2, 0.25) is 0 Å². The smallest absolute Gasteiger partial charge is 0.357 e. The second-order valence-corrected chi connectivity index (χ2v) is 3.07. The van der Waals surface area contributed by atoms with E-state index in [0.29, 0.717) is 0 Å². The molecule has 5 heteroatoms. The molecule has 1 atom stereocenters. The van der Waals surface area contributed by atoms with E-state index in [1.807, 2.05) is 0 Å². The molecule has 0 radical (unpaired) electrons. The van der Waals surface area contributed by atoms with Crippen LogP contribution in [0.1, 0.15) is 16.9 Å². The number of ether oxygens (including phenoxy) is 1. The molecule has 3 nitrogen and oxygen atoms in total. The average molecular weight is 199 g/mol. The summed E-state index contributed by atoms with van der Waals surface area (Å²) in [6, 6.07) is 4.64. The first-order valence-electron chi connectivity index (χ1n) is 4.09. The molecule has 0 aromatic carbocycles. The van der Waals surface area contributed by atoms with Gasteiger partial charge in [0, 0.05) is 6.20 Å². The summed E-state index contributed by atoms with van der Waals surface area (Å²) in [5, 5.41) is 0. The lowest BCUT2D eigenvalue weighted by Gasteiger charge is -2.01. The van der Waals surface area contributed by atoms with Gasteiger partial charge in [-0.3, -0.25) is 0 Å². The Morgan fingerprint density at radius 2 is 2.29 bits per heavy atom. The van der Waals surface area contributed by atoms with Crippen LogP contribution in [0.5, 0.6) is 0 Å². The Labute approximate surface area is 78.7 Å². The van der Waals surface area contributed by atoms with E-state index in [2.05, 4.69) is 9.72 Å². The molecule has 2 rings (SSSR count). The first-order valence-corrected chi connectivity index (χ1v) is 4.09. The molecule has 14 heavy (non-hydrogen) atoms. The highest BCUT2D eigenvalue weighted by atomic mass is 19.3. The fraction of sp³-hybridized carbons (Fsp3) is 0.333. The molecule has 74 valence electrons. The number of halogens is 2. The fourth-order valence-electron chi connectivity index (χ4n) is 0.989. The highest BCUT2D eigenvalue weighted by Gasteiger charge is 2.60. The third-order valence-corrected chi connectivity index (χ3v) is 1.89. The Hall–Kier alpha value is -1.52. The van der Waals surface area contributed by atoms with E-state index in [9.17, 15) is 13.6 Å². The van der Waals surface area contributed by atoms with E-state index in [1.54, 1.807) is 12.1 Å². The van der Waals surface area contributed by atoms with Gasteiger partial charge in [0.05, 0.1) is 6.42 Å². The largest absolute Gasteiger partial charge is 0.451 e. The maximum Gasteiger partial charge on any atom is 0.357 e. The van der Waals surface area contributed by atoms with Gasteiger partial charge in [-0.05, 0) is 12.1 Å². The number of aromatic nitrogens is 1. The number of rotatable bonds is 2. The zero-order valence-corrected chi connectivity index (χ0v) is 7.11. The number of hydrogen-bond donors (Lipinski definition) is 0. The normalized spacial score (nSPS) is 22.9. The quantitative estimate of drug-likeness (QED) is 0.680. The van der Waals surface area contributed by atoms with Crippen molar-refractivity contribution in [3.63, 3.8) is 0 Å². The third kappa shape index (κ3) is 1.71. The standard InChI is InChI=1S/C9H7F2NO2/c10-9(11)5-7(9)14-8(13)6-3-1-2-4-12-6/h1-4,7H,5H2. The zero-order valence-electron chi connectivity index (χ0n) is 7.11. The van der Waals surface area contributed by atoms with Crippen LogP contribution < -0.4 is 0 Å². The minimum Gasteiger partial charge on any atom is -0.451 e. The lowest BCUT2D eigenvalue weighted by molar-refractivity contribution is 0.0130. The number of hydrogen-bond acceptors (Lipinski definition) is 3. The van der Waals surface area contributed by atoms with Crippen molar-refractivity contribution >= 4 is 5.97 Å². The van der Waals surface area contributed by atoms with Gasteiger partial charge < -0.3 is 4.74 Å². The van der Waals surface area contributed by atoms with Crippen molar-refractivity contribution in [3.05, 3.63) is 30.1 Å². The van der Waals surface area contributed by atoms with Crippen molar-refractivity contribution < 1.29 is 18.3 Å². The molecule has 0 amide bonds. The van der Waals surface area contributed by atoms with Gasteiger partial charge in [0.1, 0.15) is 5.69 Å². The molecule has 0 saturated heterocycles. The summed E-state index contributed by atoms with van der Waals surface area (Å²) in [5.74, 6) is -3.64. The maximum absolute atomic E-state index is 12.4. The Morgan fingerprint density at radius 1 is 1.57 bits per heavy atom. The summed E-state index contributed by atoms with van der Waals surface area (Å²) in [6.07, 6.45) is -0.246. The number of alkyl halides is 2. The van der Waals surface area contributed by atoms with Crippen LogP contribution in [-0.2, 0) is 4.74 Å². The number of carbonyl (C=O) groups is 1. The van der Waals surface area contributed by atoms with Gasteiger partial charge in [0.15, 0.2) is 6.10 Å². The molecule has 1 aromatic heterocycles. The second kappa shape index (κ2) is 3.01. The summed E-state index contributed by atoms with van der Waals surface area (Å²) in [4.78, 5) is 14.9. The van der Waals surface area contributed by atoms with Crippen LogP contribution in [0.25, 0.3) is 0 Å². The molecule has 1 heterocycles. The van der Waals surface area contributed by atoms with E-state index in [4.69, 9.17) is 0 Å². The summed E-state index contributed by atoms with van der Waals surface area (Å²) in [6.45, 7) is 0. The Bertz CT molecular complexity index is 353. The number of carbonyl (C=O) groups excluding carboxylic acids is 1. The van der Waals surface area contributed by atoms with Crippen molar-refractivity contribution in [1.82, 2.24) is 4.98 Å². The predicted octanol–water partition coefficient (Wildman–Crippen LogP) is 1.65. The van der Waals surface area contributed by atoms with E-state index >= 15 is 0 Å². The lowest BCUT2D eigenvalue weighted by atomic mass is 10.3. The van der Waals surface area contributed by atoms with Crippen molar-refractivity contribution in [1.29, 1.82) is 0 Å². The van der Waals surface area contributed by atoms with Gasteiger partial charge >= 0.3 is 5.97 Å². The first-order chi connectivity index (χ1) is 6.59. The van der Waals surface area contributed by atoms with Crippen molar-refractivity contribution in [3.8, 4) is 0 Å². The number of pyridine rings is 1. The van der Waals surface area contributed by atoms with E-state index in [1.165, 1.54) is 12.3 Å². The van der Waals surface area contributed by atoms with Crippen LogP contribution in [-0.4, -0.2) is 23.0 Å². The van der Waals surface area contributed by atoms with E-state index < -0.39 is 18.0 Å². The predicted molar refractivity (Wildman–Crippen MR) is 43.0 cm³/mol. The molecular weight excluding hydrogens is 192 g/mol. The summed E-state index contributed by atoms with van der Waals surface area (Å²) in [7, 11) is 0. The van der Waals surface area contributed by atoms with Crippen LogP contribution in [0.15, 0.2) is 24.4 Å². The average Bonchev–Trinajstić information content (AvgIpc) is 2.75. The van der Waals surface area contributed by atoms with Crippen molar-refractivity contribution in [2.24, 2.45) is 0 Å². The molecular formula is C9H7F2NO2. The number of nitrogens with zero attached hydrogens (tertiary/aromatic N) is 1. The number of esters is 1. The maximum atomic E-state index is 12.4. The topological polar surface area (TPSA) is 39.2 Å². The second-order valence-electron chi connectivity index (χ2n) is 3.07. The first kappa shape index (κ1) is 9.05. The van der Waals surface area contributed by atoms with Gasteiger partial charge in [-0.15, -0.1) is 0 Å². The van der Waals surface area contributed by atoms with Crippen LogP contribution in [0.3, 0.4) is 0 Å². The lowest BCUT2D eigenvalue weighted by Crippen LogP contribution is -2.12. The summed E-state index contributed by atoms with van der Waals surface area (Å²) < 4.78 is 29.3. The minimum absolute atomic E-state index is 0.0511. The molecule has 1 saturated carbocycles. The van der Waals surface area contributed by atoms with Crippen LogP contribution in [0.4, 0.5) is 8.78 Å². The SMILES string of the molecule is O=C(OC1CC1(F)F)c1ccccn1. The molecule has 0 aliphatic heterocycles. The molecule has 1 aliphatic carbocycles. The van der Waals surface area contributed by atoms with Crippen LogP contribution in [0, 0.1) is 0 Å². The molecule has 0 N–H and O–H groups in total. The Kier molecular flexibility index (Phi) is 1.94. The van der Waals surface area contributed by atoms with Crippen molar-refractivity contribution in [2.75, 3.05) is 0 Å². The van der Waals surface area contributed by atoms with Crippen molar-refractivity contribution in [2.45, 2.75) is 18.4 Å². The minimum atomic E-state index is -2.84. The monoisotopic (exact) mass is 199 g/mol. The summed E-state index contributed by atoms with van der Waals surface area (Å²) in [5.41, 5.74) is 0.0511. The molecule has 1 unspecified atom stereocenters. The molecule has 0 spiro atoms. The van der Waals surface area contributed by atoms with Crippen LogP contribution >= 0.6 is 0 Å².